The highest BCUT2D eigenvalue weighted by Gasteiger charge is 2.28. The van der Waals surface area contributed by atoms with Crippen LogP contribution in [-0.2, 0) is 16.6 Å². The number of aliphatic hydroxyl groups excluding tert-OH is 1. The summed E-state index contributed by atoms with van der Waals surface area (Å²) in [5.74, 6) is -0.805. The fourth-order valence-corrected chi connectivity index (χ4v) is 3.94. The molecule has 1 aliphatic rings. The highest BCUT2D eigenvalue weighted by atomic mass is 32.2. The van der Waals surface area contributed by atoms with Gasteiger partial charge in [0, 0.05) is 12.1 Å². The summed E-state index contributed by atoms with van der Waals surface area (Å²) >= 11 is 0. The first-order valence-electron chi connectivity index (χ1n) is 6.95. The molecule has 0 amide bonds. The number of hydrogen-bond acceptors (Lipinski definition) is 4. The Bertz CT molecular complexity index is 606. The van der Waals surface area contributed by atoms with Gasteiger partial charge in [0.1, 0.15) is 10.7 Å². The van der Waals surface area contributed by atoms with E-state index in [9.17, 15) is 12.8 Å². The number of rotatable bonds is 4. The number of likely N-dealkylation sites (tertiary alicyclic amines) is 1. The average Bonchev–Trinajstić information content (AvgIpc) is 2.43. The molecule has 2 N–H and O–H groups in total. The van der Waals surface area contributed by atoms with E-state index in [2.05, 4.69) is 9.62 Å². The summed E-state index contributed by atoms with van der Waals surface area (Å²) in [4.78, 5) is 1.76. The molecule has 1 aliphatic heterocycles. The van der Waals surface area contributed by atoms with E-state index in [-0.39, 0.29) is 18.7 Å². The van der Waals surface area contributed by atoms with E-state index in [1.165, 1.54) is 12.1 Å². The predicted octanol–water partition coefficient (Wildman–Crippen LogP) is 1.08. The van der Waals surface area contributed by atoms with Crippen LogP contribution >= 0.6 is 0 Å². The molecule has 2 rings (SSSR count). The molecule has 5 nitrogen and oxygen atoms in total. The summed E-state index contributed by atoms with van der Waals surface area (Å²) in [5, 5.41) is 9.06. The van der Waals surface area contributed by atoms with Gasteiger partial charge in [0.15, 0.2) is 0 Å². The van der Waals surface area contributed by atoms with Crippen molar-refractivity contribution in [2.45, 2.75) is 43.4 Å². The molecule has 0 aliphatic carbocycles. The van der Waals surface area contributed by atoms with Crippen LogP contribution in [-0.4, -0.2) is 44.1 Å². The molecule has 2 atom stereocenters. The molecule has 21 heavy (non-hydrogen) atoms. The Hall–Kier alpha value is -1.02. The van der Waals surface area contributed by atoms with Crippen LogP contribution in [0.25, 0.3) is 0 Å². The lowest BCUT2D eigenvalue weighted by molar-refractivity contribution is 0.178. The fourth-order valence-electron chi connectivity index (χ4n) is 2.53. The third-order valence-corrected chi connectivity index (χ3v) is 5.53. The first kappa shape index (κ1) is 16.4. The van der Waals surface area contributed by atoms with E-state index < -0.39 is 20.7 Å². The van der Waals surface area contributed by atoms with Crippen molar-refractivity contribution >= 4 is 10.0 Å². The van der Waals surface area contributed by atoms with Crippen molar-refractivity contribution in [3.63, 3.8) is 0 Å². The average molecular weight is 316 g/mol. The van der Waals surface area contributed by atoms with Crippen LogP contribution in [0.5, 0.6) is 0 Å². The van der Waals surface area contributed by atoms with Gasteiger partial charge in [-0.25, -0.2) is 17.5 Å². The minimum absolute atomic E-state index is 0.196. The van der Waals surface area contributed by atoms with Gasteiger partial charge in [0.05, 0.1) is 6.61 Å². The van der Waals surface area contributed by atoms with Gasteiger partial charge < -0.3 is 10.0 Å². The Kier molecular flexibility index (Phi) is 4.98. The van der Waals surface area contributed by atoms with Gasteiger partial charge in [-0.05, 0) is 51.1 Å². The van der Waals surface area contributed by atoms with Crippen molar-refractivity contribution < 1.29 is 17.9 Å². The number of hydrogen-bond donors (Lipinski definition) is 2. The summed E-state index contributed by atoms with van der Waals surface area (Å²) in [6, 6.07) is 3.69. The first-order chi connectivity index (χ1) is 9.83. The molecule has 1 aromatic rings. The summed E-state index contributed by atoms with van der Waals surface area (Å²) in [5.41, 5.74) is 0.369. The smallest absolute Gasteiger partial charge is 0.243 e. The molecule has 2 unspecified atom stereocenters. The lowest BCUT2D eigenvalue weighted by Crippen LogP contribution is -2.47. The lowest BCUT2D eigenvalue weighted by Gasteiger charge is -2.35. The van der Waals surface area contributed by atoms with Crippen LogP contribution in [0.15, 0.2) is 23.1 Å². The van der Waals surface area contributed by atoms with E-state index >= 15 is 0 Å². The Morgan fingerprint density at radius 3 is 2.81 bits per heavy atom. The third kappa shape index (κ3) is 3.79. The highest BCUT2D eigenvalue weighted by Crippen LogP contribution is 2.20. The van der Waals surface area contributed by atoms with Gasteiger partial charge in [0.25, 0.3) is 0 Å². The minimum Gasteiger partial charge on any atom is -0.392 e. The van der Waals surface area contributed by atoms with Crippen molar-refractivity contribution in [2.75, 3.05) is 13.6 Å². The maximum Gasteiger partial charge on any atom is 0.243 e. The van der Waals surface area contributed by atoms with Crippen LogP contribution in [0.4, 0.5) is 4.39 Å². The number of piperidine rings is 1. The number of nitrogens with zero attached hydrogens (tertiary/aromatic N) is 1. The largest absolute Gasteiger partial charge is 0.392 e. The topological polar surface area (TPSA) is 69.6 Å². The van der Waals surface area contributed by atoms with Crippen molar-refractivity contribution in [1.29, 1.82) is 0 Å². The van der Waals surface area contributed by atoms with Crippen LogP contribution in [0, 0.1) is 5.82 Å². The molecule has 1 aromatic carbocycles. The number of sulfonamides is 1. The number of nitrogens with one attached hydrogen (secondary N) is 1. The van der Waals surface area contributed by atoms with Crippen LogP contribution < -0.4 is 4.72 Å². The summed E-state index contributed by atoms with van der Waals surface area (Å²) in [6.07, 6.45) is 1.39. The first-order valence-corrected chi connectivity index (χ1v) is 8.43. The predicted molar refractivity (Wildman–Crippen MR) is 77.8 cm³/mol. The van der Waals surface area contributed by atoms with E-state index in [1.807, 2.05) is 14.0 Å². The Labute approximate surface area is 124 Å². The Morgan fingerprint density at radius 1 is 1.48 bits per heavy atom. The second-order valence-corrected chi connectivity index (χ2v) is 7.28. The van der Waals surface area contributed by atoms with E-state index in [1.54, 1.807) is 0 Å². The molecule has 1 heterocycles. The molecule has 0 bridgehead atoms. The molecule has 0 saturated carbocycles. The van der Waals surface area contributed by atoms with Crippen LogP contribution in [0.1, 0.15) is 25.3 Å². The zero-order valence-corrected chi connectivity index (χ0v) is 13.0. The van der Waals surface area contributed by atoms with Crippen LogP contribution in [0.3, 0.4) is 0 Å². The van der Waals surface area contributed by atoms with Gasteiger partial charge in [0.2, 0.25) is 10.0 Å². The molecule has 7 heteroatoms. The minimum atomic E-state index is -3.92. The van der Waals surface area contributed by atoms with E-state index in [4.69, 9.17) is 5.11 Å². The van der Waals surface area contributed by atoms with Crippen LogP contribution in [0.2, 0.25) is 0 Å². The maximum atomic E-state index is 13.8. The lowest BCUT2D eigenvalue weighted by atomic mass is 10.0. The third-order valence-electron chi connectivity index (χ3n) is 4.00. The molecule has 0 spiro atoms. The molecule has 1 saturated heterocycles. The second-order valence-electron chi connectivity index (χ2n) is 5.60. The summed E-state index contributed by atoms with van der Waals surface area (Å²) < 4.78 is 41.0. The van der Waals surface area contributed by atoms with E-state index in [0.717, 1.165) is 12.6 Å². The van der Waals surface area contributed by atoms with Gasteiger partial charge in [-0.2, -0.15) is 0 Å². The molecule has 118 valence electrons. The van der Waals surface area contributed by atoms with Gasteiger partial charge in [-0.15, -0.1) is 0 Å². The van der Waals surface area contributed by atoms with Crippen molar-refractivity contribution in [1.82, 2.24) is 9.62 Å². The zero-order valence-electron chi connectivity index (χ0n) is 12.2. The number of aliphatic hydroxyl groups is 1. The Morgan fingerprint density at radius 2 is 2.19 bits per heavy atom. The maximum absolute atomic E-state index is 13.8. The van der Waals surface area contributed by atoms with Crippen molar-refractivity contribution in [3.8, 4) is 0 Å². The molecule has 0 radical (unpaired) electrons. The highest BCUT2D eigenvalue weighted by molar-refractivity contribution is 7.89. The summed E-state index contributed by atoms with van der Waals surface area (Å²) in [7, 11) is -1.92. The monoisotopic (exact) mass is 316 g/mol. The standard InChI is InChI=1S/C14H21FN2O3S/c1-10-7-12(5-6-17(10)2)16-21(19,20)14-8-11(9-18)3-4-13(14)15/h3-4,8,10,12,16,18H,5-7,9H2,1-2H3. The summed E-state index contributed by atoms with van der Waals surface area (Å²) in [6.45, 7) is 2.51. The fraction of sp³-hybridized carbons (Fsp3) is 0.571. The van der Waals surface area contributed by atoms with Gasteiger partial charge in [-0.3, -0.25) is 0 Å². The number of benzene rings is 1. The quantitative estimate of drug-likeness (QED) is 0.872. The molecule has 0 aromatic heterocycles. The molecular weight excluding hydrogens is 295 g/mol. The van der Waals surface area contributed by atoms with Crippen molar-refractivity contribution in [2.24, 2.45) is 0 Å². The van der Waals surface area contributed by atoms with E-state index in [0.29, 0.717) is 18.4 Å². The SMILES string of the molecule is CC1CC(NS(=O)(=O)c2cc(CO)ccc2F)CCN1C. The molecular formula is C14H21FN2O3S. The van der Waals surface area contributed by atoms with Gasteiger partial charge >= 0.3 is 0 Å². The molecule has 1 fully saturated rings. The Balaban J connectivity index is 2.19. The zero-order chi connectivity index (χ0) is 15.6. The van der Waals surface area contributed by atoms with Crippen molar-refractivity contribution in [3.05, 3.63) is 29.6 Å². The number of halogens is 1. The van der Waals surface area contributed by atoms with Gasteiger partial charge in [-0.1, -0.05) is 6.07 Å². The normalized spacial score (nSPS) is 24.2. The second kappa shape index (κ2) is 6.39.